The van der Waals surface area contributed by atoms with Gasteiger partial charge >= 0.3 is 18.2 Å². The van der Waals surface area contributed by atoms with Crippen molar-refractivity contribution in [1.29, 1.82) is 0 Å². The summed E-state index contributed by atoms with van der Waals surface area (Å²) in [7, 11) is 0. The van der Waals surface area contributed by atoms with Gasteiger partial charge in [0.15, 0.2) is 0 Å². The van der Waals surface area contributed by atoms with Crippen molar-refractivity contribution >= 4 is 12.0 Å². The Morgan fingerprint density at radius 1 is 1.03 bits per heavy atom. The molecule has 33 heavy (non-hydrogen) atoms. The van der Waals surface area contributed by atoms with E-state index in [1.165, 1.54) is 49.9 Å². The number of nitrogens with one attached hydrogen (secondary N) is 2. The van der Waals surface area contributed by atoms with Gasteiger partial charge in [0.05, 0.1) is 0 Å². The number of benzene rings is 1. The molecule has 3 fully saturated rings. The highest BCUT2D eigenvalue weighted by Crippen LogP contribution is 2.35. The Kier molecular flexibility index (Phi) is 8.58. The Labute approximate surface area is 192 Å². The molecule has 7 nitrogen and oxygen atoms in total. The molecule has 184 valence electrons. The number of carboxylic acid groups (broad SMARTS) is 1. The van der Waals surface area contributed by atoms with E-state index in [-0.39, 0.29) is 6.03 Å². The van der Waals surface area contributed by atoms with E-state index in [1.807, 2.05) is 4.90 Å². The molecule has 0 radical (unpaired) electrons. The van der Waals surface area contributed by atoms with Crippen LogP contribution in [-0.2, 0) is 17.9 Å². The number of aliphatic carboxylic acids is 1. The summed E-state index contributed by atoms with van der Waals surface area (Å²) >= 11 is 0. The highest BCUT2D eigenvalue weighted by Gasteiger charge is 2.41. The van der Waals surface area contributed by atoms with Crippen molar-refractivity contribution in [2.24, 2.45) is 5.41 Å². The average Bonchev–Trinajstić information content (AvgIpc) is 3.43. The molecule has 3 aliphatic rings. The van der Waals surface area contributed by atoms with E-state index in [0.717, 1.165) is 39.1 Å². The highest BCUT2D eigenvalue weighted by atomic mass is 19.4. The summed E-state index contributed by atoms with van der Waals surface area (Å²) in [5, 5.41) is 13.7. The molecule has 3 N–H and O–H groups in total. The summed E-state index contributed by atoms with van der Waals surface area (Å²) in [6.07, 6.45) is 1.30. The highest BCUT2D eigenvalue weighted by molar-refractivity contribution is 5.74. The third-order valence-electron chi connectivity index (χ3n) is 6.62. The van der Waals surface area contributed by atoms with Crippen LogP contribution in [0.15, 0.2) is 24.3 Å². The zero-order valence-electron chi connectivity index (χ0n) is 18.8. The lowest BCUT2D eigenvalue weighted by atomic mass is 9.87. The monoisotopic (exact) mass is 470 g/mol. The summed E-state index contributed by atoms with van der Waals surface area (Å²) < 4.78 is 31.7. The van der Waals surface area contributed by atoms with Gasteiger partial charge in [-0.25, -0.2) is 9.59 Å². The molecule has 0 bridgehead atoms. The molecule has 3 aliphatic heterocycles. The number of urea groups is 1. The third kappa shape index (κ3) is 7.60. The van der Waals surface area contributed by atoms with Crippen molar-refractivity contribution in [3.63, 3.8) is 0 Å². The first-order valence-electron chi connectivity index (χ1n) is 11.5. The first-order chi connectivity index (χ1) is 15.7. The first-order valence-corrected chi connectivity index (χ1v) is 11.5. The Balaban J connectivity index is 0.000000383. The van der Waals surface area contributed by atoms with Gasteiger partial charge in [0.25, 0.3) is 0 Å². The number of halogens is 3. The van der Waals surface area contributed by atoms with Crippen LogP contribution >= 0.6 is 0 Å². The van der Waals surface area contributed by atoms with Crippen molar-refractivity contribution < 1.29 is 27.9 Å². The van der Waals surface area contributed by atoms with E-state index in [2.05, 4.69) is 39.8 Å². The van der Waals surface area contributed by atoms with E-state index < -0.39 is 12.1 Å². The van der Waals surface area contributed by atoms with Crippen LogP contribution in [-0.4, -0.2) is 72.4 Å². The minimum Gasteiger partial charge on any atom is -0.475 e. The number of carbonyl (C=O) groups is 2. The number of nitrogens with zero attached hydrogens (tertiary/aromatic N) is 2. The van der Waals surface area contributed by atoms with E-state index in [4.69, 9.17) is 9.90 Å². The Morgan fingerprint density at radius 2 is 1.67 bits per heavy atom. The molecule has 0 aromatic heterocycles. The molecular weight excluding hydrogens is 437 g/mol. The Morgan fingerprint density at radius 3 is 2.24 bits per heavy atom. The van der Waals surface area contributed by atoms with Gasteiger partial charge in [-0.15, -0.1) is 0 Å². The van der Waals surface area contributed by atoms with Crippen molar-refractivity contribution in [3.8, 4) is 0 Å². The molecule has 0 aliphatic carbocycles. The smallest absolute Gasteiger partial charge is 0.475 e. The first kappa shape index (κ1) is 25.3. The van der Waals surface area contributed by atoms with Gasteiger partial charge < -0.3 is 20.6 Å². The van der Waals surface area contributed by atoms with Gasteiger partial charge in [0.1, 0.15) is 0 Å². The minimum absolute atomic E-state index is 0.0890. The molecule has 1 spiro atoms. The predicted octanol–water partition coefficient (Wildman–Crippen LogP) is 3.20. The number of alkyl halides is 3. The van der Waals surface area contributed by atoms with Gasteiger partial charge in [-0.1, -0.05) is 30.7 Å². The molecule has 0 saturated carbocycles. The fraction of sp³-hybridized carbons (Fsp3) is 0.652. The number of hydrogen-bond acceptors (Lipinski definition) is 4. The molecule has 1 unspecified atom stereocenters. The zero-order valence-corrected chi connectivity index (χ0v) is 18.8. The lowest BCUT2D eigenvalue weighted by Crippen LogP contribution is -2.40. The maximum Gasteiger partial charge on any atom is 0.490 e. The quantitative estimate of drug-likeness (QED) is 0.630. The number of hydrogen-bond donors (Lipinski definition) is 3. The topological polar surface area (TPSA) is 84.9 Å². The van der Waals surface area contributed by atoms with Gasteiger partial charge in [-0.2, -0.15) is 13.2 Å². The van der Waals surface area contributed by atoms with Crippen LogP contribution in [0.2, 0.25) is 0 Å². The van der Waals surface area contributed by atoms with Crippen molar-refractivity contribution in [1.82, 2.24) is 20.4 Å². The third-order valence-corrected chi connectivity index (χ3v) is 6.62. The summed E-state index contributed by atoms with van der Waals surface area (Å²) in [6, 6.07) is 8.83. The van der Waals surface area contributed by atoms with Gasteiger partial charge in [0, 0.05) is 38.1 Å². The number of carbonyl (C=O) groups excluding carboxylic acids is 1. The molecule has 1 aromatic carbocycles. The maximum atomic E-state index is 12.5. The van der Waals surface area contributed by atoms with E-state index in [9.17, 15) is 18.0 Å². The summed E-state index contributed by atoms with van der Waals surface area (Å²) in [5.74, 6) is -2.76. The summed E-state index contributed by atoms with van der Waals surface area (Å²) in [6.45, 7) is 8.08. The fourth-order valence-electron chi connectivity index (χ4n) is 4.68. The second-order valence-corrected chi connectivity index (χ2v) is 9.21. The van der Waals surface area contributed by atoms with Crippen LogP contribution in [0.1, 0.15) is 43.2 Å². The van der Waals surface area contributed by atoms with Crippen LogP contribution in [0.5, 0.6) is 0 Å². The van der Waals surface area contributed by atoms with Crippen molar-refractivity contribution in [3.05, 3.63) is 35.4 Å². The lowest BCUT2D eigenvalue weighted by Gasteiger charge is -2.26. The molecule has 1 atom stereocenters. The number of rotatable bonds is 4. The SMILES string of the molecule is O=C(NCc1ccc(CN2CCCCC2)cc1)N1CCC2(CCNC2)C1.O=C(O)C(F)(F)F. The molecule has 3 saturated heterocycles. The van der Waals surface area contributed by atoms with E-state index >= 15 is 0 Å². The predicted molar refractivity (Wildman–Crippen MR) is 118 cm³/mol. The normalized spacial score (nSPS) is 23.3. The molecule has 2 amide bonds. The maximum absolute atomic E-state index is 12.5. The van der Waals surface area contributed by atoms with Gasteiger partial charge in [-0.3, -0.25) is 4.90 Å². The van der Waals surface area contributed by atoms with Gasteiger partial charge in [-0.05, 0) is 56.4 Å². The number of piperidine rings is 1. The van der Waals surface area contributed by atoms with Crippen LogP contribution in [0, 0.1) is 5.41 Å². The standard InChI is InChI=1S/C21H32N4O.C2HF3O2/c26-20(25-13-9-21(17-25)8-10-22-16-21)23-14-18-4-6-19(7-5-18)15-24-11-2-1-3-12-24;3-2(4,5)1(6)7/h4-7,22H,1-3,8-17H2,(H,23,26);(H,6,7). The van der Waals surface area contributed by atoms with Crippen molar-refractivity contribution in [2.75, 3.05) is 39.3 Å². The van der Waals surface area contributed by atoms with Crippen LogP contribution < -0.4 is 10.6 Å². The van der Waals surface area contributed by atoms with Crippen molar-refractivity contribution in [2.45, 2.75) is 51.4 Å². The lowest BCUT2D eigenvalue weighted by molar-refractivity contribution is -0.192. The Bertz CT molecular complexity index is 789. The number of amides is 2. The zero-order chi connectivity index (χ0) is 23.9. The van der Waals surface area contributed by atoms with Crippen LogP contribution in [0.25, 0.3) is 0 Å². The number of carboxylic acids is 1. The molecule has 10 heteroatoms. The second kappa shape index (κ2) is 11.2. The minimum atomic E-state index is -5.08. The average molecular weight is 471 g/mol. The van der Waals surface area contributed by atoms with E-state index in [1.54, 1.807) is 0 Å². The molecule has 4 rings (SSSR count). The number of likely N-dealkylation sites (tertiary alicyclic amines) is 2. The summed E-state index contributed by atoms with van der Waals surface area (Å²) in [4.78, 5) is 25.9. The molecule has 1 aromatic rings. The van der Waals surface area contributed by atoms with Crippen LogP contribution in [0.4, 0.5) is 18.0 Å². The Hall–Kier alpha value is -2.33. The van der Waals surface area contributed by atoms with E-state index in [0.29, 0.717) is 12.0 Å². The van der Waals surface area contributed by atoms with Crippen LogP contribution in [0.3, 0.4) is 0 Å². The molecule has 3 heterocycles. The largest absolute Gasteiger partial charge is 0.490 e. The fourth-order valence-corrected chi connectivity index (χ4v) is 4.68. The molecular formula is C23H33F3N4O3. The summed E-state index contributed by atoms with van der Waals surface area (Å²) in [5.41, 5.74) is 2.89. The second-order valence-electron chi connectivity index (χ2n) is 9.21. The van der Waals surface area contributed by atoms with Gasteiger partial charge in [0.2, 0.25) is 0 Å².